The van der Waals surface area contributed by atoms with E-state index in [2.05, 4.69) is 0 Å². The van der Waals surface area contributed by atoms with Gasteiger partial charge in [0.15, 0.2) is 5.78 Å². The van der Waals surface area contributed by atoms with Crippen LogP contribution in [-0.2, 0) is 11.3 Å². The minimum absolute atomic E-state index is 0.00574. The molecule has 1 saturated heterocycles. The van der Waals surface area contributed by atoms with Crippen molar-refractivity contribution in [3.63, 3.8) is 0 Å². The number of hydrogen-bond donors (Lipinski definition) is 1. The Kier molecular flexibility index (Phi) is 8.51. The van der Waals surface area contributed by atoms with Crippen LogP contribution >= 0.6 is 11.6 Å². The van der Waals surface area contributed by atoms with Gasteiger partial charge in [0.25, 0.3) is 0 Å². The molecule has 1 N–H and O–H groups in total. The fraction of sp³-hybridized carbons (Fsp3) is 0.348. The van der Waals surface area contributed by atoms with E-state index in [1.807, 2.05) is 11.9 Å². The summed E-state index contributed by atoms with van der Waals surface area (Å²) in [6.07, 6.45) is -5.15. The summed E-state index contributed by atoms with van der Waals surface area (Å²) in [6, 6.07) is 6.39. The fourth-order valence-electron chi connectivity index (χ4n) is 3.47. The number of nitrogens with one attached hydrogen (secondary N) is 1. The van der Waals surface area contributed by atoms with Crippen LogP contribution in [0.3, 0.4) is 0 Å². The highest BCUT2D eigenvalue weighted by molar-refractivity contribution is 6.31. The van der Waals surface area contributed by atoms with Gasteiger partial charge < -0.3 is 15.1 Å². The summed E-state index contributed by atoms with van der Waals surface area (Å²) in [5.41, 5.74) is -0.0472. The van der Waals surface area contributed by atoms with E-state index < -0.39 is 42.1 Å². The summed E-state index contributed by atoms with van der Waals surface area (Å²) in [6.45, 7) is 0.817. The first-order valence-corrected chi connectivity index (χ1v) is 11.1. The number of likely N-dealkylation sites (N-methyl/N-ethyl adjacent to an activating group) is 1. The zero-order valence-corrected chi connectivity index (χ0v) is 19.8. The van der Waals surface area contributed by atoms with Crippen LogP contribution in [0.4, 0.5) is 32.4 Å². The van der Waals surface area contributed by atoms with Crippen LogP contribution in [0, 0.1) is 11.6 Å². The van der Waals surface area contributed by atoms with Crippen molar-refractivity contribution in [3.05, 3.63) is 64.2 Å². The quantitative estimate of drug-likeness (QED) is 0.453. The first kappa shape index (κ1) is 27.3. The van der Waals surface area contributed by atoms with E-state index in [0.29, 0.717) is 26.2 Å². The summed E-state index contributed by atoms with van der Waals surface area (Å²) in [5, 5.41) is 1.20. The minimum Gasteiger partial charge on any atom is -0.341 e. The Hall–Kier alpha value is -3.25. The standard InChI is InChI=1S/C23H22ClF5N4O3/c1-31-6-8-32(9-7-31)22(36)33(16-4-5-18(25)17(24)11-16)13-15-3-2-14(10-19(15)26)20(34)12-30-21(35)23(27,28)29/h2-5,10-11H,6-9,12-13H2,1H3,(H,30,35). The molecule has 0 aromatic heterocycles. The Morgan fingerprint density at radius 3 is 2.25 bits per heavy atom. The molecule has 1 fully saturated rings. The highest BCUT2D eigenvalue weighted by Gasteiger charge is 2.38. The first-order valence-electron chi connectivity index (χ1n) is 10.7. The molecule has 36 heavy (non-hydrogen) atoms. The second kappa shape index (κ2) is 11.2. The Morgan fingerprint density at radius 1 is 1.00 bits per heavy atom. The molecular weight excluding hydrogens is 511 g/mol. The van der Waals surface area contributed by atoms with E-state index in [9.17, 15) is 36.3 Å². The molecule has 0 aliphatic carbocycles. The Bertz CT molecular complexity index is 1150. The zero-order valence-electron chi connectivity index (χ0n) is 19.0. The van der Waals surface area contributed by atoms with Crippen molar-refractivity contribution in [2.75, 3.05) is 44.7 Å². The number of Topliss-reactive ketones (excluding diaryl/α,β-unsaturated/α-hetero) is 1. The summed E-state index contributed by atoms with van der Waals surface area (Å²) < 4.78 is 65.5. The first-order chi connectivity index (χ1) is 16.9. The van der Waals surface area contributed by atoms with Gasteiger partial charge in [-0.2, -0.15) is 13.2 Å². The van der Waals surface area contributed by atoms with Gasteiger partial charge in [-0.3, -0.25) is 14.5 Å². The number of anilines is 1. The molecule has 0 atom stereocenters. The topological polar surface area (TPSA) is 73.0 Å². The number of carbonyl (C=O) groups is 3. The monoisotopic (exact) mass is 532 g/mol. The lowest BCUT2D eigenvalue weighted by Gasteiger charge is -2.36. The van der Waals surface area contributed by atoms with Crippen LogP contribution in [0.5, 0.6) is 0 Å². The summed E-state index contributed by atoms with van der Waals surface area (Å²) in [5.74, 6) is -4.82. The number of benzene rings is 2. The Labute approximate surface area is 208 Å². The maximum absolute atomic E-state index is 14.9. The molecule has 3 rings (SSSR count). The summed E-state index contributed by atoms with van der Waals surface area (Å²) >= 11 is 5.89. The van der Waals surface area contributed by atoms with Gasteiger partial charge in [-0.1, -0.05) is 23.7 Å². The number of nitrogens with zero attached hydrogens (tertiary/aromatic N) is 3. The highest BCUT2D eigenvalue weighted by atomic mass is 35.5. The van der Waals surface area contributed by atoms with Crippen molar-refractivity contribution in [1.82, 2.24) is 15.1 Å². The molecule has 0 spiro atoms. The van der Waals surface area contributed by atoms with Gasteiger partial charge in [0, 0.05) is 43.0 Å². The normalized spacial score (nSPS) is 14.5. The molecule has 0 radical (unpaired) electrons. The Morgan fingerprint density at radius 2 is 1.67 bits per heavy atom. The molecule has 0 bridgehead atoms. The molecule has 2 aromatic rings. The number of carbonyl (C=O) groups excluding carboxylic acids is 3. The Balaban J connectivity index is 1.81. The van der Waals surface area contributed by atoms with Crippen LogP contribution in [-0.4, -0.2) is 73.5 Å². The summed E-state index contributed by atoms with van der Waals surface area (Å²) in [4.78, 5) is 41.2. The molecule has 0 saturated carbocycles. The third kappa shape index (κ3) is 6.70. The van der Waals surface area contributed by atoms with Gasteiger partial charge in [-0.25, -0.2) is 13.6 Å². The SMILES string of the molecule is CN1CCN(C(=O)N(Cc2ccc(C(=O)CNC(=O)C(F)(F)F)cc2F)c2ccc(F)c(Cl)c2)CC1. The van der Waals surface area contributed by atoms with Crippen molar-refractivity contribution in [2.45, 2.75) is 12.7 Å². The lowest BCUT2D eigenvalue weighted by atomic mass is 10.1. The third-order valence-electron chi connectivity index (χ3n) is 5.59. The van der Waals surface area contributed by atoms with Crippen LogP contribution in [0.25, 0.3) is 0 Å². The predicted octanol–water partition coefficient (Wildman–Crippen LogP) is 3.85. The van der Waals surface area contributed by atoms with E-state index in [1.165, 1.54) is 34.5 Å². The molecule has 1 aliphatic heterocycles. The lowest BCUT2D eigenvalue weighted by molar-refractivity contribution is -0.173. The van der Waals surface area contributed by atoms with Crippen LogP contribution in [0.15, 0.2) is 36.4 Å². The molecule has 3 amide bonds. The van der Waals surface area contributed by atoms with E-state index >= 15 is 0 Å². The molecular formula is C23H22ClF5N4O3. The number of urea groups is 1. The van der Waals surface area contributed by atoms with Gasteiger partial charge >= 0.3 is 18.1 Å². The van der Waals surface area contributed by atoms with Gasteiger partial charge in [-0.15, -0.1) is 0 Å². The lowest BCUT2D eigenvalue weighted by Crippen LogP contribution is -2.52. The van der Waals surface area contributed by atoms with Gasteiger partial charge in [-0.05, 0) is 31.3 Å². The van der Waals surface area contributed by atoms with Gasteiger partial charge in [0.05, 0.1) is 18.1 Å². The number of alkyl halides is 3. The van der Waals surface area contributed by atoms with Crippen molar-refractivity contribution in [3.8, 4) is 0 Å². The number of halogens is 6. The summed E-state index contributed by atoms with van der Waals surface area (Å²) in [7, 11) is 1.91. The maximum Gasteiger partial charge on any atom is 0.471 e. The fourth-order valence-corrected chi connectivity index (χ4v) is 3.65. The van der Waals surface area contributed by atoms with Crippen molar-refractivity contribution in [1.29, 1.82) is 0 Å². The molecule has 13 heteroatoms. The smallest absolute Gasteiger partial charge is 0.341 e. The molecule has 0 unspecified atom stereocenters. The van der Waals surface area contributed by atoms with E-state index in [4.69, 9.17) is 11.6 Å². The van der Waals surface area contributed by atoms with Crippen LogP contribution in [0.2, 0.25) is 5.02 Å². The number of rotatable bonds is 6. The predicted molar refractivity (Wildman–Crippen MR) is 122 cm³/mol. The van der Waals surface area contributed by atoms with Crippen LogP contribution < -0.4 is 10.2 Å². The van der Waals surface area contributed by atoms with Crippen molar-refractivity contribution >= 4 is 35.0 Å². The molecule has 7 nitrogen and oxygen atoms in total. The van der Waals surface area contributed by atoms with E-state index in [1.54, 1.807) is 4.90 Å². The van der Waals surface area contributed by atoms with Gasteiger partial charge in [0.1, 0.15) is 11.6 Å². The number of piperazine rings is 1. The zero-order chi connectivity index (χ0) is 26.6. The van der Waals surface area contributed by atoms with E-state index in [0.717, 1.165) is 12.1 Å². The van der Waals surface area contributed by atoms with Crippen LogP contribution in [0.1, 0.15) is 15.9 Å². The van der Waals surface area contributed by atoms with Crippen molar-refractivity contribution in [2.24, 2.45) is 0 Å². The van der Waals surface area contributed by atoms with E-state index in [-0.39, 0.29) is 28.4 Å². The number of amides is 3. The minimum atomic E-state index is -5.15. The number of hydrogen-bond acceptors (Lipinski definition) is 4. The maximum atomic E-state index is 14.9. The number of ketones is 1. The molecule has 194 valence electrons. The van der Waals surface area contributed by atoms with Gasteiger partial charge in [0.2, 0.25) is 0 Å². The molecule has 2 aromatic carbocycles. The second-order valence-electron chi connectivity index (χ2n) is 8.17. The highest BCUT2D eigenvalue weighted by Crippen LogP contribution is 2.26. The molecule has 1 heterocycles. The average Bonchev–Trinajstić information content (AvgIpc) is 2.82. The van der Waals surface area contributed by atoms with Crippen molar-refractivity contribution < 1.29 is 36.3 Å². The molecule has 1 aliphatic rings. The second-order valence-corrected chi connectivity index (χ2v) is 8.57. The largest absolute Gasteiger partial charge is 0.471 e. The average molecular weight is 533 g/mol. The third-order valence-corrected chi connectivity index (χ3v) is 5.88.